The number of aryl methyl sites for hydroxylation is 1. The number of aliphatic carboxylic acids is 1. The summed E-state index contributed by atoms with van der Waals surface area (Å²) in [7, 11) is 0. The molecule has 1 unspecified atom stereocenters. The molecule has 5 rings (SSSR count). The number of alkyl halides is 3. The molecule has 4 heterocycles. The summed E-state index contributed by atoms with van der Waals surface area (Å²) in [6.45, 7) is 4.54. The molecule has 13 nitrogen and oxygen atoms in total. The first-order valence-corrected chi connectivity index (χ1v) is 14.3. The molecule has 3 N–H and O–H groups in total. The maximum Gasteiger partial charge on any atom is 0.414 e. The second-order valence-electron chi connectivity index (χ2n) is 11.6. The molecule has 236 valence electrons. The number of aromatic nitrogens is 5. The van der Waals surface area contributed by atoms with Crippen LogP contribution in [0, 0.1) is 17.3 Å². The summed E-state index contributed by atoms with van der Waals surface area (Å²) in [5.74, 6) is -3.26. The summed E-state index contributed by atoms with van der Waals surface area (Å²) in [4.78, 5) is 54.3. The number of imide groups is 1. The van der Waals surface area contributed by atoms with E-state index in [1.165, 1.54) is 23.0 Å². The minimum Gasteiger partial charge on any atom is -0.480 e. The number of nitrogens with zero attached hydrogens (tertiary/aromatic N) is 6. The lowest BCUT2D eigenvalue weighted by Gasteiger charge is -2.32. The molecule has 0 aromatic carbocycles. The molecule has 3 amide bonds. The molecule has 3 aromatic heterocycles. The van der Waals surface area contributed by atoms with E-state index in [1.807, 2.05) is 6.92 Å². The Bertz CT molecular complexity index is 1600. The van der Waals surface area contributed by atoms with Crippen molar-refractivity contribution in [1.29, 1.82) is 0 Å². The van der Waals surface area contributed by atoms with Crippen molar-refractivity contribution in [1.82, 2.24) is 34.6 Å². The van der Waals surface area contributed by atoms with Gasteiger partial charge in [-0.2, -0.15) is 23.4 Å². The number of rotatable bonds is 8. The predicted molar refractivity (Wildman–Crippen MR) is 145 cm³/mol. The molecule has 44 heavy (non-hydrogen) atoms. The molecule has 3 atom stereocenters. The van der Waals surface area contributed by atoms with Crippen LogP contribution in [-0.2, 0) is 22.6 Å². The van der Waals surface area contributed by atoms with Crippen molar-refractivity contribution in [3.8, 4) is 0 Å². The van der Waals surface area contributed by atoms with Crippen LogP contribution in [0.1, 0.15) is 73.7 Å². The Labute approximate surface area is 249 Å². The molecule has 1 saturated heterocycles. The normalized spacial score (nSPS) is 24.9. The first-order valence-electron chi connectivity index (χ1n) is 14.3. The van der Waals surface area contributed by atoms with Crippen molar-refractivity contribution in [2.24, 2.45) is 17.3 Å². The summed E-state index contributed by atoms with van der Waals surface area (Å²) in [5.41, 5.74) is -1.50. The van der Waals surface area contributed by atoms with E-state index >= 15 is 0 Å². The Morgan fingerprint density at radius 1 is 1.16 bits per heavy atom. The quantitative estimate of drug-likeness (QED) is 0.318. The SMILES string of the molecule is CCn1nccc1C(=O)N[C@H](c1cn2ncc(CC3(C(=O)O)C[C@@H](C(F)(F)F)N(C(=O)O)C3=O)cc2n1)C1CCC(C)CC1. The van der Waals surface area contributed by atoms with Crippen molar-refractivity contribution < 1.29 is 42.6 Å². The van der Waals surface area contributed by atoms with Crippen LogP contribution < -0.4 is 5.32 Å². The Hall–Kier alpha value is -4.50. The summed E-state index contributed by atoms with van der Waals surface area (Å²) in [6.07, 6.45) is -1.35. The fraction of sp³-hybridized carbons (Fsp3) is 0.536. The van der Waals surface area contributed by atoms with Gasteiger partial charge in [-0.15, -0.1) is 0 Å². The van der Waals surface area contributed by atoms with Gasteiger partial charge in [0.15, 0.2) is 11.1 Å². The smallest absolute Gasteiger partial charge is 0.414 e. The van der Waals surface area contributed by atoms with Gasteiger partial charge >= 0.3 is 18.2 Å². The van der Waals surface area contributed by atoms with Gasteiger partial charge in [-0.3, -0.25) is 19.1 Å². The number of hydrogen-bond acceptors (Lipinski definition) is 7. The second-order valence-corrected chi connectivity index (χ2v) is 11.6. The minimum atomic E-state index is -5.16. The molecule has 1 aliphatic heterocycles. The average molecular weight is 620 g/mol. The third-order valence-corrected chi connectivity index (χ3v) is 8.76. The molecule has 16 heteroatoms. The third-order valence-electron chi connectivity index (χ3n) is 8.76. The summed E-state index contributed by atoms with van der Waals surface area (Å²) in [6, 6.07) is -0.286. The van der Waals surface area contributed by atoms with Gasteiger partial charge in [-0.25, -0.2) is 19.2 Å². The van der Waals surface area contributed by atoms with Crippen LogP contribution in [0.15, 0.2) is 30.7 Å². The average Bonchev–Trinajstić information content (AvgIpc) is 3.68. The monoisotopic (exact) mass is 619 g/mol. The number of amides is 3. The van der Waals surface area contributed by atoms with E-state index in [0.29, 0.717) is 23.9 Å². The maximum atomic E-state index is 13.7. The largest absolute Gasteiger partial charge is 0.480 e. The minimum absolute atomic E-state index is 0.0604. The lowest BCUT2D eigenvalue weighted by atomic mass is 9.78. The van der Waals surface area contributed by atoms with Crippen molar-refractivity contribution in [3.63, 3.8) is 0 Å². The second kappa shape index (κ2) is 11.5. The molecule has 0 radical (unpaired) electrons. The Balaban J connectivity index is 1.47. The fourth-order valence-corrected chi connectivity index (χ4v) is 6.34. The zero-order valence-electron chi connectivity index (χ0n) is 24.0. The molecule has 0 spiro atoms. The number of halogens is 3. The van der Waals surface area contributed by atoms with Gasteiger partial charge in [0.1, 0.15) is 11.7 Å². The maximum absolute atomic E-state index is 13.7. The molecule has 1 aliphatic carbocycles. The number of carbonyl (C=O) groups excluding carboxylic acids is 2. The Kier molecular flexibility index (Phi) is 8.11. The van der Waals surface area contributed by atoms with Gasteiger partial charge in [-0.1, -0.05) is 19.8 Å². The van der Waals surface area contributed by atoms with Crippen LogP contribution in [0.5, 0.6) is 0 Å². The lowest BCUT2D eigenvalue weighted by Crippen LogP contribution is -2.47. The van der Waals surface area contributed by atoms with Gasteiger partial charge in [0.05, 0.1) is 24.1 Å². The number of hydrogen-bond donors (Lipinski definition) is 3. The third kappa shape index (κ3) is 5.59. The van der Waals surface area contributed by atoms with E-state index in [1.54, 1.807) is 16.9 Å². The van der Waals surface area contributed by atoms with E-state index in [9.17, 15) is 42.6 Å². The van der Waals surface area contributed by atoms with Crippen LogP contribution in [0.2, 0.25) is 0 Å². The Morgan fingerprint density at radius 3 is 2.45 bits per heavy atom. The van der Waals surface area contributed by atoms with E-state index in [0.717, 1.165) is 25.7 Å². The topological polar surface area (TPSA) is 172 Å². The first kappa shape index (κ1) is 30.9. The van der Waals surface area contributed by atoms with Crippen molar-refractivity contribution in [2.75, 3.05) is 0 Å². The highest BCUT2D eigenvalue weighted by atomic mass is 19.4. The van der Waals surface area contributed by atoms with E-state index in [2.05, 4.69) is 27.4 Å². The van der Waals surface area contributed by atoms with Crippen molar-refractivity contribution in [2.45, 2.75) is 77.2 Å². The first-order chi connectivity index (χ1) is 20.7. The van der Waals surface area contributed by atoms with E-state index in [-0.39, 0.29) is 23.0 Å². The van der Waals surface area contributed by atoms with Gasteiger partial charge in [0.25, 0.3) is 5.91 Å². The Morgan fingerprint density at radius 2 is 1.86 bits per heavy atom. The molecule has 2 aliphatic rings. The summed E-state index contributed by atoms with van der Waals surface area (Å²) in [5, 5.41) is 30.8. The van der Waals surface area contributed by atoms with Gasteiger partial charge < -0.3 is 15.5 Å². The van der Waals surface area contributed by atoms with Crippen LogP contribution in [-0.4, -0.2) is 75.6 Å². The predicted octanol–water partition coefficient (Wildman–Crippen LogP) is 3.70. The standard InChI is InChI=1S/C28H32F3N7O6/c1-3-36-19(8-9-32-36)23(39)35-22(17-6-4-15(2)5-7-17)18-14-37-21(34-18)10-16(13-33-37)11-27(25(41)42)12-20(28(29,30)31)38(24(27)40)26(43)44/h8-10,13-15,17,20,22H,3-7,11-12H2,1-2H3,(H,35,39)(H,41,42)(H,43,44)/t15?,17?,20-,22-,27?/m0/s1. The summed E-state index contributed by atoms with van der Waals surface area (Å²) < 4.78 is 44.0. The number of nitrogens with one attached hydrogen (secondary N) is 1. The van der Waals surface area contributed by atoms with Crippen molar-refractivity contribution >= 4 is 29.5 Å². The number of likely N-dealkylation sites (tertiary alicyclic amines) is 1. The highest BCUT2D eigenvalue weighted by Gasteiger charge is 2.65. The molecular weight excluding hydrogens is 587 g/mol. The fourth-order valence-electron chi connectivity index (χ4n) is 6.34. The number of carboxylic acids is 1. The van der Waals surface area contributed by atoms with E-state index in [4.69, 9.17) is 0 Å². The van der Waals surface area contributed by atoms with Crippen LogP contribution in [0.3, 0.4) is 0 Å². The van der Waals surface area contributed by atoms with Gasteiger partial charge in [-0.05, 0) is 55.7 Å². The number of carbonyl (C=O) groups is 4. The van der Waals surface area contributed by atoms with Crippen LogP contribution in [0.25, 0.3) is 5.65 Å². The molecule has 0 bridgehead atoms. The van der Waals surface area contributed by atoms with Gasteiger partial charge in [0, 0.05) is 19.2 Å². The lowest BCUT2D eigenvalue weighted by molar-refractivity contribution is -0.175. The number of fused-ring (bicyclic) bond motifs is 1. The molecule has 1 saturated carbocycles. The molecular formula is C28H32F3N7O6. The molecule has 3 aromatic rings. The number of imidazole rings is 1. The zero-order chi connectivity index (χ0) is 32.0. The highest BCUT2D eigenvalue weighted by Crippen LogP contribution is 2.45. The zero-order valence-corrected chi connectivity index (χ0v) is 24.0. The van der Waals surface area contributed by atoms with E-state index < -0.39 is 59.4 Å². The van der Waals surface area contributed by atoms with Crippen LogP contribution >= 0.6 is 0 Å². The van der Waals surface area contributed by atoms with Crippen molar-refractivity contribution in [3.05, 3.63) is 47.7 Å². The van der Waals surface area contributed by atoms with Gasteiger partial charge in [0.2, 0.25) is 5.91 Å². The summed E-state index contributed by atoms with van der Waals surface area (Å²) >= 11 is 0. The van der Waals surface area contributed by atoms with Crippen LogP contribution in [0.4, 0.5) is 18.0 Å². The number of carboxylic acid groups (broad SMARTS) is 2. The highest BCUT2D eigenvalue weighted by molar-refractivity contribution is 6.09. The molecule has 2 fully saturated rings.